The van der Waals surface area contributed by atoms with Crippen LogP contribution in [0.15, 0.2) is 216 Å². The Kier molecular flexibility index (Phi) is 9.05. The predicted molar refractivity (Wildman–Crippen MR) is 283 cm³/mol. The van der Waals surface area contributed by atoms with Crippen molar-refractivity contribution >= 4 is 34.1 Å². The fourth-order valence-corrected chi connectivity index (χ4v) is 13.3. The molecule has 4 heterocycles. The molecular weight excluding hydrogens is 825 g/mol. The second-order valence-electron chi connectivity index (χ2n) is 22.6. The van der Waals surface area contributed by atoms with Crippen molar-refractivity contribution in [3.05, 3.63) is 238 Å². The zero-order valence-corrected chi connectivity index (χ0v) is 40.7. The number of rotatable bonds is 6. The minimum atomic E-state index is 0.0394. The summed E-state index contributed by atoms with van der Waals surface area (Å²) >= 11 is 0. The standard InChI is InChI=1S/C64H62N4/c1-39-17-15-23-45(33-39)65(43-19-11-9-12-20-43)54-31-28-47-51-37-57-50(38-58(51)68-56-36-42(64(6,7)8)25-27-49(56)59(54)61(47)68)48-29-32-55(66(44-21-13-10-14-22-44)46-24-16-18-40(2)34-46)60-52-35-41(63(3,4)5)26-30-53(52)67(57)62(48)60/h9-38,48-49,51-53,56,58,62H,1-8H3. The molecule has 13 rings (SSSR count). The van der Waals surface area contributed by atoms with Crippen molar-refractivity contribution < 1.29 is 0 Å². The maximum atomic E-state index is 2.87. The molecule has 0 saturated carbocycles. The number of nitrogens with zero attached hydrogens (tertiary/aromatic N) is 4. The lowest BCUT2D eigenvalue weighted by atomic mass is 9.73. The Hall–Kier alpha value is -6.78. The van der Waals surface area contributed by atoms with Crippen molar-refractivity contribution in [1.29, 1.82) is 0 Å². The van der Waals surface area contributed by atoms with E-state index in [4.69, 9.17) is 0 Å². The quantitative estimate of drug-likeness (QED) is 0.168. The first-order valence-corrected chi connectivity index (χ1v) is 25.1. The molecule has 2 fully saturated rings. The van der Waals surface area contributed by atoms with Gasteiger partial charge in [-0.05, 0) is 124 Å². The van der Waals surface area contributed by atoms with Crippen LogP contribution in [0.4, 0.5) is 34.1 Å². The maximum Gasteiger partial charge on any atom is 0.0642 e. The molecule has 5 aromatic carbocycles. The Morgan fingerprint density at radius 1 is 0.471 bits per heavy atom. The Labute approximate surface area is 404 Å². The Morgan fingerprint density at radius 3 is 1.72 bits per heavy atom. The van der Waals surface area contributed by atoms with E-state index in [0.717, 1.165) is 0 Å². The number of allylic oxidation sites excluding steroid dienone is 6. The third kappa shape index (κ3) is 6.11. The SMILES string of the molecule is Cc1cccc(N(C2=C3C4C=C(C(C)(C)C)C=CC4N4C5=CC6c7ccc(N(c8ccccc8)c8cccc(C)c8)c8c7N(C6C=C5C(C=C2)C34)C2C=C(C(C)(C)C)C=CC82)c2ccccc2)c1. The molecule has 2 saturated heterocycles. The van der Waals surface area contributed by atoms with Crippen LogP contribution < -0.4 is 14.7 Å². The van der Waals surface area contributed by atoms with Crippen LogP contribution >= 0.6 is 0 Å². The van der Waals surface area contributed by atoms with Gasteiger partial charge in [-0.2, -0.15) is 0 Å². The van der Waals surface area contributed by atoms with E-state index in [1.807, 2.05) is 0 Å². The summed E-state index contributed by atoms with van der Waals surface area (Å²) in [5.74, 6) is 0.961. The normalized spacial score (nSPS) is 26.6. The molecule has 0 N–H and O–H groups in total. The van der Waals surface area contributed by atoms with Crippen LogP contribution in [0, 0.1) is 36.5 Å². The van der Waals surface area contributed by atoms with E-state index in [1.54, 1.807) is 5.57 Å². The number of aryl methyl sites for hydroxylation is 2. The molecule has 4 aliphatic heterocycles. The van der Waals surface area contributed by atoms with Gasteiger partial charge in [-0.15, -0.1) is 0 Å². The van der Waals surface area contributed by atoms with Crippen molar-refractivity contribution in [2.75, 3.05) is 14.7 Å². The first-order chi connectivity index (χ1) is 32.8. The number of anilines is 6. The van der Waals surface area contributed by atoms with Crippen molar-refractivity contribution in [1.82, 2.24) is 4.90 Å². The van der Waals surface area contributed by atoms with E-state index in [0.29, 0.717) is 0 Å². The van der Waals surface area contributed by atoms with Gasteiger partial charge in [0, 0.05) is 69.1 Å². The first-order valence-electron chi connectivity index (χ1n) is 25.1. The van der Waals surface area contributed by atoms with Gasteiger partial charge in [0.25, 0.3) is 0 Å². The molecule has 4 nitrogen and oxygen atoms in total. The minimum Gasteiger partial charge on any atom is -0.356 e. The number of hydrogen-bond donors (Lipinski definition) is 0. The van der Waals surface area contributed by atoms with Crippen molar-refractivity contribution in [2.45, 2.75) is 91.4 Å². The molecule has 0 aromatic heterocycles. The molecule has 0 amide bonds. The number of hydrogen-bond acceptors (Lipinski definition) is 4. The van der Waals surface area contributed by atoms with Crippen LogP contribution in [0.3, 0.4) is 0 Å². The van der Waals surface area contributed by atoms with Crippen LogP contribution in [-0.2, 0) is 0 Å². The largest absolute Gasteiger partial charge is 0.356 e. The van der Waals surface area contributed by atoms with Gasteiger partial charge in [-0.25, -0.2) is 0 Å². The summed E-state index contributed by atoms with van der Waals surface area (Å²) in [5, 5.41) is 0. The van der Waals surface area contributed by atoms with Gasteiger partial charge in [0.1, 0.15) is 0 Å². The molecule has 338 valence electrons. The summed E-state index contributed by atoms with van der Waals surface area (Å²) in [5.41, 5.74) is 21.7. The van der Waals surface area contributed by atoms with Crippen LogP contribution in [0.25, 0.3) is 0 Å². The van der Waals surface area contributed by atoms with Gasteiger partial charge in [-0.3, -0.25) is 0 Å². The average Bonchev–Trinajstić information content (AvgIpc) is 4.05. The first kappa shape index (κ1) is 41.4. The number of para-hydroxylation sites is 2. The Bertz CT molecular complexity index is 3180. The van der Waals surface area contributed by atoms with Gasteiger partial charge in [0.15, 0.2) is 0 Å². The highest BCUT2D eigenvalue weighted by Crippen LogP contribution is 2.64. The van der Waals surface area contributed by atoms with Crippen LogP contribution in [0.5, 0.6) is 0 Å². The second-order valence-corrected chi connectivity index (χ2v) is 22.6. The van der Waals surface area contributed by atoms with Crippen molar-refractivity contribution in [3.8, 4) is 0 Å². The van der Waals surface area contributed by atoms with E-state index >= 15 is 0 Å². The highest BCUT2D eigenvalue weighted by atomic mass is 15.3. The van der Waals surface area contributed by atoms with Gasteiger partial charge in [0.2, 0.25) is 0 Å². The topological polar surface area (TPSA) is 13.0 Å². The molecule has 8 atom stereocenters. The number of fused-ring (bicyclic) bond motifs is 12. The van der Waals surface area contributed by atoms with E-state index < -0.39 is 0 Å². The van der Waals surface area contributed by atoms with Crippen LogP contribution in [0.1, 0.15) is 75.6 Å². The third-order valence-corrected chi connectivity index (χ3v) is 16.4. The monoisotopic (exact) mass is 886 g/mol. The molecule has 4 aliphatic carbocycles. The zero-order valence-electron chi connectivity index (χ0n) is 40.7. The minimum absolute atomic E-state index is 0.0394. The van der Waals surface area contributed by atoms with Crippen molar-refractivity contribution in [2.24, 2.45) is 22.7 Å². The molecule has 68 heavy (non-hydrogen) atoms. The van der Waals surface area contributed by atoms with E-state index in [2.05, 4.69) is 257 Å². The fraction of sp³-hybridized carbons (Fsp3) is 0.281. The summed E-state index contributed by atoms with van der Waals surface area (Å²) in [6.07, 6.45) is 25.8. The lowest BCUT2D eigenvalue weighted by Crippen LogP contribution is -2.42. The summed E-state index contributed by atoms with van der Waals surface area (Å²) in [7, 11) is 0. The summed E-state index contributed by atoms with van der Waals surface area (Å²) < 4.78 is 0. The van der Waals surface area contributed by atoms with Gasteiger partial charge >= 0.3 is 0 Å². The molecule has 4 heteroatoms. The molecule has 0 radical (unpaired) electrons. The van der Waals surface area contributed by atoms with Crippen LogP contribution in [0.2, 0.25) is 0 Å². The Morgan fingerprint density at radius 2 is 1.06 bits per heavy atom. The lowest BCUT2D eigenvalue weighted by molar-refractivity contribution is 0.302. The summed E-state index contributed by atoms with van der Waals surface area (Å²) in [6.45, 7) is 18.6. The predicted octanol–water partition coefficient (Wildman–Crippen LogP) is 15.4. The summed E-state index contributed by atoms with van der Waals surface area (Å²) in [4.78, 5) is 10.8. The molecule has 5 aromatic rings. The Balaban J connectivity index is 0.999. The fourth-order valence-electron chi connectivity index (χ4n) is 13.3. The number of benzene rings is 5. The van der Waals surface area contributed by atoms with E-state index in [-0.39, 0.29) is 58.7 Å². The van der Waals surface area contributed by atoms with E-state index in [9.17, 15) is 0 Å². The third-order valence-electron chi connectivity index (χ3n) is 16.4. The maximum absolute atomic E-state index is 2.87. The highest BCUT2D eigenvalue weighted by Gasteiger charge is 2.59. The second kappa shape index (κ2) is 14.9. The molecule has 8 unspecified atom stereocenters. The van der Waals surface area contributed by atoms with Crippen LogP contribution in [-0.4, -0.2) is 29.1 Å². The van der Waals surface area contributed by atoms with Gasteiger partial charge in [-0.1, -0.05) is 163 Å². The average molecular weight is 887 g/mol. The molecule has 0 bridgehead atoms. The van der Waals surface area contributed by atoms with Gasteiger partial charge < -0.3 is 19.6 Å². The molecular formula is C64H62N4. The van der Waals surface area contributed by atoms with Gasteiger partial charge in [0.05, 0.1) is 29.9 Å². The smallest absolute Gasteiger partial charge is 0.0642 e. The highest BCUT2D eigenvalue weighted by molar-refractivity contribution is 5.89. The molecule has 8 aliphatic rings. The lowest BCUT2D eigenvalue weighted by Gasteiger charge is -2.38. The zero-order chi connectivity index (χ0) is 46.4. The molecule has 0 spiro atoms. The van der Waals surface area contributed by atoms with Crippen molar-refractivity contribution in [3.63, 3.8) is 0 Å². The van der Waals surface area contributed by atoms with E-state index in [1.165, 1.54) is 84.5 Å². The summed E-state index contributed by atoms with van der Waals surface area (Å²) in [6, 6.07) is 46.0.